The normalized spacial score (nSPS) is 19.5. The van der Waals surface area contributed by atoms with Gasteiger partial charge in [-0.25, -0.2) is 0 Å². The van der Waals surface area contributed by atoms with E-state index in [4.69, 9.17) is 9.15 Å². The van der Waals surface area contributed by atoms with E-state index in [1.54, 1.807) is 0 Å². The molecule has 0 amide bonds. The molecule has 1 fully saturated rings. The van der Waals surface area contributed by atoms with E-state index in [-0.39, 0.29) is 6.10 Å². The average molecular weight is 293 g/mol. The molecule has 3 aromatic rings. The predicted octanol–water partition coefficient (Wildman–Crippen LogP) is 4.01. The summed E-state index contributed by atoms with van der Waals surface area (Å²) < 4.78 is 11.9. The van der Waals surface area contributed by atoms with Crippen molar-refractivity contribution in [3.05, 3.63) is 72.0 Å². The smallest absolute Gasteiger partial charge is 0.135 e. The van der Waals surface area contributed by atoms with Crippen LogP contribution in [-0.4, -0.2) is 24.6 Å². The quantitative estimate of drug-likeness (QED) is 0.729. The molecule has 1 aliphatic heterocycles. The Kier molecular flexibility index (Phi) is 3.67. The third kappa shape index (κ3) is 2.78. The molecule has 1 saturated heterocycles. The van der Waals surface area contributed by atoms with Gasteiger partial charge in [-0.3, -0.25) is 4.90 Å². The highest BCUT2D eigenvalue weighted by molar-refractivity contribution is 5.77. The van der Waals surface area contributed by atoms with Crippen molar-refractivity contribution in [1.29, 1.82) is 0 Å². The highest BCUT2D eigenvalue weighted by atomic mass is 16.5. The fourth-order valence-corrected chi connectivity index (χ4v) is 3.02. The summed E-state index contributed by atoms with van der Waals surface area (Å²) in [4.78, 5) is 2.43. The SMILES string of the molecule is c1ccc(CN2CCOC(c3cc4ccccc4o3)C2)cc1. The molecule has 0 aliphatic carbocycles. The van der Waals surface area contributed by atoms with Crippen molar-refractivity contribution in [3.8, 4) is 0 Å². The van der Waals surface area contributed by atoms with Gasteiger partial charge in [-0.1, -0.05) is 48.5 Å². The molecule has 1 aromatic heterocycles. The Morgan fingerprint density at radius 2 is 1.82 bits per heavy atom. The summed E-state index contributed by atoms with van der Waals surface area (Å²) in [6, 6.07) is 20.8. The molecule has 0 saturated carbocycles. The lowest BCUT2D eigenvalue weighted by atomic mass is 10.1. The van der Waals surface area contributed by atoms with Gasteiger partial charge in [0.05, 0.1) is 6.61 Å². The maximum atomic E-state index is 5.95. The molecule has 3 nitrogen and oxygen atoms in total. The first-order chi connectivity index (χ1) is 10.9. The van der Waals surface area contributed by atoms with Gasteiger partial charge in [0.25, 0.3) is 0 Å². The molecule has 2 aromatic carbocycles. The van der Waals surface area contributed by atoms with Crippen LogP contribution in [0, 0.1) is 0 Å². The number of hydrogen-bond acceptors (Lipinski definition) is 3. The number of rotatable bonds is 3. The Balaban J connectivity index is 1.50. The number of benzene rings is 2. The van der Waals surface area contributed by atoms with Crippen LogP contribution < -0.4 is 0 Å². The lowest BCUT2D eigenvalue weighted by Gasteiger charge is -2.31. The van der Waals surface area contributed by atoms with Gasteiger partial charge < -0.3 is 9.15 Å². The van der Waals surface area contributed by atoms with Gasteiger partial charge in [0.1, 0.15) is 17.4 Å². The van der Waals surface area contributed by atoms with Crippen molar-refractivity contribution in [1.82, 2.24) is 4.90 Å². The van der Waals surface area contributed by atoms with Gasteiger partial charge in [-0.15, -0.1) is 0 Å². The van der Waals surface area contributed by atoms with E-state index in [0.717, 1.165) is 43.0 Å². The van der Waals surface area contributed by atoms with E-state index >= 15 is 0 Å². The number of nitrogens with zero attached hydrogens (tertiary/aromatic N) is 1. The van der Waals surface area contributed by atoms with Crippen molar-refractivity contribution in [2.45, 2.75) is 12.6 Å². The molecule has 1 unspecified atom stereocenters. The second-order valence-corrected chi connectivity index (χ2v) is 5.77. The zero-order valence-electron chi connectivity index (χ0n) is 12.4. The Bertz CT molecular complexity index is 717. The van der Waals surface area contributed by atoms with Gasteiger partial charge in [0.2, 0.25) is 0 Å². The minimum absolute atomic E-state index is 0.0184. The Morgan fingerprint density at radius 3 is 2.68 bits per heavy atom. The number of furan rings is 1. The Morgan fingerprint density at radius 1 is 1.00 bits per heavy atom. The summed E-state index contributed by atoms with van der Waals surface area (Å²) in [6.07, 6.45) is 0.0184. The third-order valence-electron chi connectivity index (χ3n) is 4.16. The molecule has 112 valence electrons. The van der Waals surface area contributed by atoms with Crippen molar-refractivity contribution < 1.29 is 9.15 Å². The van der Waals surface area contributed by atoms with Crippen LogP contribution in [0.25, 0.3) is 11.0 Å². The number of fused-ring (bicyclic) bond motifs is 1. The topological polar surface area (TPSA) is 25.6 Å². The maximum absolute atomic E-state index is 5.95. The van der Waals surface area contributed by atoms with Crippen LogP contribution >= 0.6 is 0 Å². The second kappa shape index (κ2) is 5.95. The third-order valence-corrected chi connectivity index (χ3v) is 4.16. The van der Waals surface area contributed by atoms with E-state index in [0.29, 0.717) is 0 Å². The molecule has 0 spiro atoms. The fourth-order valence-electron chi connectivity index (χ4n) is 3.02. The minimum Gasteiger partial charge on any atom is -0.458 e. The second-order valence-electron chi connectivity index (χ2n) is 5.77. The Labute approximate surface area is 130 Å². The van der Waals surface area contributed by atoms with Crippen LogP contribution in [0.1, 0.15) is 17.4 Å². The molecule has 4 rings (SSSR count). The van der Waals surface area contributed by atoms with Gasteiger partial charge in [-0.05, 0) is 17.7 Å². The molecule has 1 aliphatic rings. The lowest BCUT2D eigenvalue weighted by molar-refractivity contribution is -0.0421. The zero-order chi connectivity index (χ0) is 14.8. The van der Waals surface area contributed by atoms with Crippen molar-refractivity contribution in [3.63, 3.8) is 0 Å². The van der Waals surface area contributed by atoms with Crippen LogP contribution in [0.15, 0.2) is 65.1 Å². The molecular formula is C19H19NO2. The first-order valence-electron chi connectivity index (χ1n) is 7.75. The monoisotopic (exact) mass is 293 g/mol. The van der Waals surface area contributed by atoms with Crippen LogP contribution in [0.4, 0.5) is 0 Å². The first-order valence-corrected chi connectivity index (χ1v) is 7.75. The molecule has 3 heteroatoms. The van der Waals surface area contributed by atoms with Crippen LogP contribution in [0.5, 0.6) is 0 Å². The standard InChI is InChI=1S/C19H19NO2/c1-2-6-15(7-3-1)13-20-10-11-21-19(14-20)18-12-16-8-4-5-9-17(16)22-18/h1-9,12,19H,10-11,13-14H2. The van der Waals surface area contributed by atoms with E-state index in [1.807, 2.05) is 18.2 Å². The number of morpholine rings is 1. The summed E-state index contributed by atoms with van der Waals surface area (Å²) in [5, 5.41) is 1.14. The highest BCUT2D eigenvalue weighted by Gasteiger charge is 2.24. The lowest BCUT2D eigenvalue weighted by Crippen LogP contribution is -2.37. The van der Waals surface area contributed by atoms with Gasteiger partial charge in [0.15, 0.2) is 0 Å². The largest absolute Gasteiger partial charge is 0.458 e. The van der Waals surface area contributed by atoms with Crippen LogP contribution in [0.3, 0.4) is 0 Å². The molecule has 22 heavy (non-hydrogen) atoms. The predicted molar refractivity (Wildman–Crippen MR) is 86.6 cm³/mol. The van der Waals surface area contributed by atoms with E-state index in [9.17, 15) is 0 Å². The zero-order valence-corrected chi connectivity index (χ0v) is 12.4. The van der Waals surface area contributed by atoms with Gasteiger partial charge in [0, 0.05) is 25.0 Å². The summed E-state index contributed by atoms with van der Waals surface area (Å²) in [5.74, 6) is 0.930. The van der Waals surface area contributed by atoms with Crippen molar-refractivity contribution >= 4 is 11.0 Å². The fraction of sp³-hybridized carbons (Fsp3) is 0.263. The van der Waals surface area contributed by atoms with Crippen molar-refractivity contribution in [2.75, 3.05) is 19.7 Å². The van der Waals surface area contributed by atoms with Crippen LogP contribution in [0.2, 0.25) is 0 Å². The minimum atomic E-state index is 0.0184. The summed E-state index contributed by atoms with van der Waals surface area (Å²) in [6.45, 7) is 3.54. The maximum Gasteiger partial charge on any atom is 0.135 e. The number of hydrogen-bond donors (Lipinski definition) is 0. The van der Waals surface area contributed by atoms with E-state index < -0.39 is 0 Å². The number of para-hydroxylation sites is 1. The molecule has 1 atom stereocenters. The number of ether oxygens (including phenoxy) is 1. The molecule has 0 bridgehead atoms. The summed E-state index contributed by atoms with van der Waals surface area (Å²) in [7, 11) is 0. The molecular weight excluding hydrogens is 274 g/mol. The van der Waals surface area contributed by atoms with Crippen LogP contribution in [-0.2, 0) is 11.3 Å². The highest BCUT2D eigenvalue weighted by Crippen LogP contribution is 2.28. The molecule has 0 N–H and O–H groups in total. The van der Waals surface area contributed by atoms with Crippen molar-refractivity contribution in [2.24, 2.45) is 0 Å². The van der Waals surface area contributed by atoms with E-state index in [1.165, 1.54) is 5.56 Å². The Hall–Kier alpha value is -2.10. The summed E-state index contributed by atoms with van der Waals surface area (Å²) >= 11 is 0. The van der Waals surface area contributed by atoms with Gasteiger partial charge >= 0.3 is 0 Å². The first kappa shape index (κ1) is 13.6. The summed E-state index contributed by atoms with van der Waals surface area (Å²) in [5.41, 5.74) is 2.27. The van der Waals surface area contributed by atoms with Gasteiger partial charge in [-0.2, -0.15) is 0 Å². The molecule has 0 radical (unpaired) electrons. The van der Waals surface area contributed by atoms with E-state index in [2.05, 4.69) is 47.4 Å². The molecule has 2 heterocycles. The average Bonchev–Trinajstić information content (AvgIpc) is 3.00.